The summed E-state index contributed by atoms with van der Waals surface area (Å²) in [5.74, 6) is 2.03. The Balaban J connectivity index is 1.33. The number of nitrogens with zero attached hydrogens (tertiary/aromatic N) is 3. The van der Waals surface area contributed by atoms with Crippen LogP contribution < -0.4 is 15.3 Å². The lowest BCUT2D eigenvalue weighted by molar-refractivity contribution is -0.146. The van der Waals surface area contributed by atoms with Crippen molar-refractivity contribution >= 4 is 30.6 Å². The summed E-state index contributed by atoms with van der Waals surface area (Å²) in [5.41, 5.74) is 4.89. The van der Waals surface area contributed by atoms with Gasteiger partial charge in [0.2, 0.25) is 0 Å². The summed E-state index contributed by atoms with van der Waals surface area (Å²) in [6.45, 7) is 2.00. The maximum atomic E-state index is 16.1. The zero-order chi connectivity index (χ0) is 31.5. The topological polar surface area (TPSA) is 160 Å². The predicted molar refractivity (Wildman–Crippen MR) is 159 cm³/mol. The van der Waals surface area contributed by atoms with Crippen LogP contribution in [0, 0.1) is 12.3 Å². The number of nitrogens with two attached hydrogens (primary N) is 1. The summed E-state index contributed by atoms with van der Waals surface area (Å²) in [5, 5.41) is 13.9. The zero-order valence-corrected chi connectivity index (χ0v) is 24.8. The molecule has 0 aliphatic carbocycles. The van der Waals surface area contributed by atoms with E-state index in [1.807, 2.05) is 18.2 Å². The molecule has 14 heteroatoms. The van der Waals surface area contributed by atoms with Crippen LogP contribution in [0.2, 0.25) is 0 Å². The molecule has 3 heterocycles. The van der Waals surface area contributed by atoms with Crippen LogP contribution in [-0.4, -0.2) is 56.1 Å². The molecule has 1 saturated heterocycles. The predicted octanol–water partition coefficient (Wildman–Crippen LogP) is 3.91. The van der Waals surface area contributed by atoms with Gasteiger partial charge in [0, 0.05) is 6.20 Å². The summed E-state index contributed by atoms with van der Waals surface area (Å²) in [7, 11) is -4.34. The number of para-hydroxylation sites is 1. The van der Waals surface area contributed by atoms with Crippen molar-refractivity contribution in [3.63, 3.8) is 0 Å². The monoisotopic (exact) mass is 623 g/mol. The third kappa shape index (κ3) is 6.45. The lowest BCUT2D eigenvalue weighted by Gasteiger charge is -2.25. The van der Waals surface area contributed by atoms with Gasteiger partial charge in [0.1, 0.15) is 48.4 Å². The van der Waals surface area contributed by atoms with Crippen LogP contribution >= 0.6 is 7.75 Å². The fourth-order valence-corrected chi connectivity index (χ4v) is 6.27. The van der Waals surface area contributed by atoms with Gasteiger partial charge in [-0.3, -0.25) is 9.32 Å². The Bertz CT molecular complexity index is 1710. The standard InChI is InChI=1S/C30H31FN5O7P/c1-4-21-15-36(27-24(21)26(32)33-18-34-27)29-30(3,31)25(37)23(42-29)17-41-44(39,43-22-13-9-6-10-14-22)35-19(2)28(38)40-16-20-11-7-5-8-12-20/h1,5-15,18-19,23,25,29,37H,16-17H2,2-3H3,(H,35,39)(H2,32,33,34)/t19?,23-,25-,29-,30-,44?/m1/s1. The number of carbonyl (C=O) groups excluding carboxylic acids is 1. The van der Waals surface area contributed by atoms with Gasteiger partial charge in [-0.15, -0.1) is 6.42 Å². The normalized spacial score (nSPS) is 23.5. The minimum atomic E-state index is -4.34. The van der Waals surface area contributed by atoms with E-state index in [1.165, 1.54) is 24.0 Å². The molecular weight excluding hydrogens is 592 g/mol. The molecule has 0 bridgehead atoms. The number of terminal acetylenes is 1. The maximum absolute atomic E-state index is 16.1. The first-order chi connectivity index (χ1) is 21.0. The molecule has 1 fully saturated rings. The lowest BCUT2D eigenvalue weighted by atomic mass is 9.98. The Kier molecular flexibility index (Phi) is 9.01. The molecule has 2 unspecified atom stereocenters. The van der Waals surface area contributed by atoms with Gasteiger partial charge < -0.3 is 29.4 Å². The number of hydrogen-bond donors (Lipinski definition) is 3. The molecule has 2 aromatic heterocycles. The Morgan fingerprint density at radius 3 is 2.61 bits per heavy atom. The van der Waals surface area contributed by atoms with E-state index in [0.29, 0.717) is 10.9 Å². The first-order valence-electron chi connectivity index (χ1n) is 13.6. The van der Waals surface area contributed by atoms with Gasteiger partial charge in [-0.25, -0.2) is 18.9 Å². The van der Waals surface area contributed by atoms with Crippen molar-refractivity contribution in [2.45, 2.75) is 50.6 Å². The van der Waals surface area contributed by atoms with Gasteiger partial charge in [0.25, 0.3) is 0 Å². The fraction of sp³-hybridized carbons (Fsp3) is 0.300. The molecule has 44 heavy (non-hydrogen) atoms. The number of benzene rings is 2. The van der Waals surface area contributed by atoms with Crippen LogP contribution in [0.4, 0.5) is 10.2 Å². The van der Waals surface area contributed by atoms with Gasteiger partial charge in [-0.2, -0.15) is 5.09 Å². The van der Waals surface area contributed by atoms with E-state index in [-0.39, 0.29) is 23.8 Å². The second kappa shape index (κ2) is 12.7. The fourth-order valence-electron chi connectivity index (χ4n) is 4.77. The molecule has 4 aromatic rings. The number of alkyl halides is 1. The molecule has 0 amide bonds. The van der Waals surface area contributed by atoms with Crippen molar-refractivity contribution in [2.75, 3.05) is 12.3 Å². The van der Waals surface area contributed by atoms with E-state index in [0.717, 1.165) is 12.5 Å². The first-order valence-corrected chi connectivity index (χ1v) is 15.1. The van der Waals surface area contributed by atoms with E-state index in [2.05, 4.69) is 21.0 Å². The number of esters is 1. The Hall–Kier alpha value is -4.31. The Morgan fingerprint density at radius 2 is 1.93 bits per heavy atom. The Morgan fingerprint density at radius 1 is 1.25 bits per heavy atom. The number of aliphatic hydroxyl groups is 1. The van der Waals surface area contributed by atoms with Crippen molar-refractivity contribution in [3.8, 4) is 18.1 Å². The number of nitrogen functional groups attached to an aromatic ring is 1. The molecule has 2 aromatic carbocycles. The van der Waals surface area contributed by atoms with Gasteiger partial charge in [-0.1, -0.05) is 54.5 Å². The van der Waals surface area contributed by atoms with Crippen LogP contribution in [0.5, 0.6) is 5.75 Å². The summed E-state index contributed by atoms with van der Waals surface area (Å²) in [4.78, 5) is 20.9. The van der Waals surface area contributed by atoms with Gasteiger partial charge >= 0.3 is 13.7 Å². The van der Waals surface area contributed by atoms with Gasteiger partial charge in [-0.05, 0) is 31.5 Å². The highest BCUT2D eigenvalue weighted by molar-refractivity contribution is 7.52. The smallest absolute Gasteiger partial charge is 0.459 e. The number of nitrogens with one attached hydrogen (secondary N) is 1. The van der Waals surface area contributed by atoms with Crippen LogP contribution in [0.25, 0.3) is 11.0 Å². The molecule has 5 rings (SSSR count). The number of carbonyl (C=O) groups is 1. The summed E-state index contributed by atoms with van der Waals surface area (Å²) in [6, 6.07) is 16.0. The number of ether oxygens (including phenoxy) is 2. The van der Waals surface area contributed by atoms with Crippen molar-refractivity contribution in [3.05, 3.63) is 84.3 Å². The number of anilines is 1. The molecule has 1 aliphatic heterocycles. The third-order valence-electron chi connectivity index (χ3n) is 7.07. The average molecular weight is 624 g/mol. The number of hydrogen-bond acceptors (Lipinski definition) is 10. The minimum absolute atomic E-state index is 0.000999. The quantitative estimate of drug-likeness (QED) is 0.126. The van der Waals surface area contributed by atoms with E-state index >= 15 is 4.39 Å². The van der Waals surface area contributed by atoms with Crippen molar-refractivity contribution in [2.24, 2.45) is 0 Å². The first kappa shape index (κ1) is 31.1. The summed E-state index contributed by atoms with van der Waals surface area (Å²) in [6.07, 6.45) is 3.78. The lowest BCUT2D eigenvalue weighted by Crippen LogP contribution is -2.41. The SMILES string of the molecule is C#Cc1cn([C@@H]2O[C@H](COP(=O)(NC(C)C(=O)OCc3ccccc3)Oc3ccccc3)[C@@H](O)[C@@]2(C)F)c2ncnc(N)c12. The van der Waals surface area contributed by atoms with E-state index in [1.54, 1.807) is 42.5 Å². The molecule has 0 saturated carbocycles. The molecule has 4 N–H and O–H groups in total. The van der Waals surface area contributed by atoms with Crippen LogP contribution in [0.3, 0.4) is 0 Å². The highest BCUT2D eigenvalue weighted by Crippen LogP contribution is 2.48. The molecule has 12 nitrogen and oxygen atoms in total. The van der Waals surface area contributed by atoms with Crippen LogP contribution in [0.15, 0.2) is 73.2 Å². The molecule has 0 spiro atoms. The van der Waals surface area contributed by atoms with E-state index in [9.17, 15) is 14.5 Å². The largest absolute Gasteiger partial charge is 0.460 e. The van der Waals surface area contributed by atoms with E-state index in [4.69, 9.17) is 30.7 Å². The summed E-state index contributed by atoms with van der Waals surface area (Å²) >= 11 is 0. The maximum Gasteiger partial charge on any atom is 0.459 e. The van der Waals surface area contributed by atoms with Crippen molar-refractivity contribution < 1.29 is 37.4 Å². The van der Waals surface area contributed by atoms with Crippen LogP contribution in [0.1, 0.15) is 31.2 Å². The molecule has 0 radical (unpaired) electrons. The molecule has 6 atom stereocenters. The van der Waals surface area contributed by atoms with Crippen molar-refractivity contribution in [1.82, 2.24) is 19.6 Å². The number of halogens is 1. The van der Waals surface area contributed by atoms with Gasteiger partial charge in [0.15, 0.2) is 11.9 Å². The second-order valence-electron chi connectivity index (χ2n) is 10.3. The number of rotatable bonds is 11. The van der Waals surface area contributed by atoms with Crippen LogP contribution in [-0.2, 0) is 30.0 Å². The van der Waals surface area contributed by atoms with E-state index < -0.39 is 50.5 Å². The molecule has 1 aliphatic rings. The number of aromatic nitrogens is 3. The van der Waals surface area contributed by atoms with Crippen molar-refractivity contribution in [1.29, 1.82) is 0 Å². The highest BCUT2D eigenvalue weighted by atomic mass is 31.2. The molecule has 230 valence electrons. The molecular formula is C30H31FN5O7P. The summed E-state index contributed by atoms with van der Waals surface area (Å²) < 4.78 is 53.9. The highest BCUT2D eigenvalue weighted by Gasteiger charge is 2.56. The number of fused-ring (bicyclic) bond motifs is 1. The Labute approximate surface area is 252 Å². The van der Waals surface area contributed by atoms with Gasteiger partial charge in [0.05, 0.1) is 17.6 Å². The second-order valence-corrected chi connectivity index (χ2v) is 12.0. The third-order valence-corrected chi connectivity index (χ3v) is 8.71. The average Bonchev–Trinajstić information content (AvgIpc) is 3.50. The minimum Gasteiger partial charge on any atom is -0.460 e. The number of aliphatic hydroxyl groups excluding tert-OH is 1. The zero-order valence-electron chi connectivity index (χ0n) is 23.9.